The van der Waals surface area contributed by atoms with Gasteiger partial charge in [0.1, 0.15) is 0 Å². The van der Waals surface area contributed by atoms with Crippen molar-refractivity contribution in [3.05, 3.63) is 17.0 Å². The number of nitrogens with zero attached hydrogens (tertiary/aromatic N) is 1. The van der Waals surface area contributed by atoms with Gasteiger partial charge in [-0.05, 0) is 31.4 Å². The van der Waals surface area contributed by atoms with Crippen molar-refractivity contribution in [2.45, 2.75) is 25.3 Å². The fraction of sp³-hybridized carbons (Fsp3) is 0.545. The third kappa shape index (κ3) is 2.00. The van der Waals surface area contributed by atoms with E-state index in [1.54, 1.807) is 0 Å². The molecule has 15 heavy (non-hydrogen) atoms. The zero-order valence-electron chi connectivity index (χ0n) is 9.12. The van der Waals surface area contributed by atoms with E-state index in [9.17, 15) is 4.79 Å². The lowest BCUT2D eigenvalue weighted by Crippen LogP contribution is -2.40. The summed E-state index contributed by atoms with van der Waals surface area (Å²) in [7, 11) is 3.78. The average molecular weight is 224 g/mol. The maximum Gasteiger partial charge on any atom is 0.263 e. The van der Waals surface area contributed by atoms with Gasteiger partial charge >= 0.3 is 0 Å². The molecule has 1 saturated carbocycles. The summed E-state index contributed by atoms with van der Waals surface area (Å²) in [6.45, 7) is 0. The van der Waals surface area contributed by atoms with E-state index in [1.165, 1.54) is 17.8 Å². The van der Waals surface area contributed by atoms with Crippen LogP contribution in [0.3, 0.4) is 0 Å². The van der Waals surface area contributed by atoms with Gasteiger partial charge in [0.2, 0.25) is 0 Å². The molecule has 2 rings (SSSR count). The highest BCUT2D eigenvalue weighted by atomic mass is 32.1. The predicted octanol–water partition coefficient (Wildman–Crippen LogP) is 2.41. The second kappa shape index (κ2) is 4.23. The lowest BCUT2D eigenvalue weighted by Gasteiger charge is -2.34. The molecule has 1 fully saturated rings. The molecule has 4 heteroatoms. The van der Waals surface area contributed by atoms with Gasteiger partial charge in [-0.25, -0.2) is 0 Å². The van der Waals surface area contributed by atoms with Crippen LogP contribution in [0.25, 0.3) is 0 Å². The molecule has 0 bridgehead atoms. The number of hydrogen-bond acceptors (Lipinski definition) is 3. The second-order valence-corrected chi connectivity index (χ2v) is 5.00. The molecule has 0 unspecified atom stereocenters. The smallest absolute Gasteiger partial charge is 0.263 e. The minimum Gasteiger partial charge on any atom is -0.380 e. The molecule has 0 radical (unpaired) electrons. The Morgan fingerprint density at radius 2 is 2.27 bits per heavy atom. The number of thiophene rings is 1. The van der Waals surface area contributed by atoms with E-state index in [2.05, 4.69) is 5.32 Å². The van der Waals surface area contributed by atoms with E-state index in [-0.39, 0.29) is 5.91 Å². The van der Waals surface area contributed by atoms with Crippen LogP contribution >= 0.6 is 11.3 Å². The van der Waals surface area contributed by atoms with Gasteiger partial charge in [-0.2, -0.15) is 0 Å². The number of rotatable bonds is 3. The fourth-order valence-electron chi connectivity index (χ4n) is 1.70. The highest BCUT2D eigenvalue weighted by Crippen LogP contribution is 2.27. The maximum atomic E-state index is 12.0. The van der Waals surface area contributed by atoms with Crippen LogP contribution in [0.15, 0.2) is 12.1 Å². The van der Waals surface area contributed by atoms with Crippen molar-refractivity contribution in [3.8, 4) is 0 Å². The lowest BCUT2D eigenvalue weighted by atomic mass is 9.92. The minimum absolute atomic E-state index is 0.159. The van der Waals surface area contributed by atoms with Crippen LogP contribution in [-0.2, 0) is 0 Å². The van der Waals surface area contributed by atoms with Crippen LogP contribution in [0.4, 0.5) is 5.00 Å². The van der Waals surface area contributed by atoms with Gasteiger partial charge in [-0.15, -0.1) is 11.3 Å². The monoisotopic (exact) mass is 224 g/mol. The molecule has 0 spiro atoms. The average Bonchev–Trinajstić information content (AvgIpc) is 2.61. The zero-order chi connectivity index (χ0) is 10.8. The van der Waals surface area contributed by atoms with Crippen LogP contribution in [-0.4, -0.2) is 30.9 Å². The van der Waals surface area contributed by atoms with Crippen molar-refractivity contribution in [2.75, 3.05) is 19.4 Å². The van der Waals surface area contributed by atoms with Gasteiger partial charge in [-0.1, -0.05) is 0 Å². The largest absolute Gasteiger partial charge is 0.380 e. The Balaban J connectivity index is 2.05. The SMILES string of the molecule is CNc1ccc(C(=O)N(C)C2CCC2)s1. The number of carbonyl (C=O) groups excluding carboxylic acids is 1. The Bertz CT molecular complexity index is 357. The quantitative estimate of drug-likeness (QED) is 0.855. The molecule has 0 aliphatic heterocycles. The van der Waals surface area contributed by atoms with Crippen molar-refractivity contribution in [3.63, 3.8) is 0 Å². The first-order valence-electron chi connectivity index (χ1n) is 5.27. The van der Waals surface area contributed by atoms with E-state index in [4.69, 9.17) is 0 Å². The molecule has 1 aliphatic carbocycles. The van der Waals surface area contributed by atoms with Crippen LogP contribution < -0.4 is 5.32 Å². The van der Waals surface area contributed by atoms with E-state index >= 15 is 0 Å². The Morgan fingerprint density at radius 3 is 2.73 bits per heavy atom. The highest BCUT2D eigenvalue weighted by molar-refractivity contribution is 7.17. The van der Waals surface area contributed by atoms with Crippen molar-refractivity contribution < 1.29 is 4.79 Å². The first kappa shape index (κ1) is 10.5. The minimum atomic E-state index is 0.159. The highest BCUT2D eigenvalue weighted by Gasteiger charge is 2.26. The predicted molar refractivity (Wildman–Crippen MR) is 63.6 cm³/mol. The summed E-state index contributed by atoms with van der Waals surface area (Å²) >= 11 is 1.52. The molecule has 3 nitrogen and oxygen atoms in total. The fourth-order valence-corrected chi connectivity index (χ4v) is 2.54. The second-order valence-electron chi connectivity index (χ2n) is 3.91. The molecule has 1 N–H and O–H groups in total. The summed E-state index contributed by atoms with van der Waals surface area (Å²) in [6, 6.07) is 4.32. The molecule has 0 saturated heterocycles. The summed E-state index contributed by atoms with van der Waals surface area (Å²) in [5, 5.41) is 4.09. The summed E-state index contributed by atoms with van der Waals surface area (Å²) in [6.07, 6.45) is 3.58. The van der Waals surface area contributed by atoms with Gasteiger partial charge < -0.3 is 10.2 Å². The number of amides is 1. The molecule has 1 heterocycles. The third-order valence-electron chi connectivity index (χ3n) is 3.01. The first-order valence-corrected chi connectivity index (χ1v) is 6.09. The van der Waals surface area contributed by atoms with Crippen molar-refractivity contribution in [1.82, 2.24) is 4.90 Å². The van der Waals surface area contributed by atoms with Gasteiger partial charge in [0.25, 0.3) is 5.91 Å². The molecule has 0 aromatic carbocycles. The molecule has 0 atom stereocenters. The van der Waals surface area contributed by atoms with Crippen molar-refractivity contribution >= 4 is 22.2 Å². The molecule has 1 aromatic rings. The standard InChI is InChI=1S/C11H16N2OS/c1-12-10-7-6-9(15-10)11(14)13(2)8-4-3-5-8/h6-8,12H,3-5H2,1-2H3. The maximum absolute atomic E-state index is 12.0. The number of anilines is 1. The Labute approximate surface area is 94.1 Å². The summed E-state index contributed by atoms with van der Waals surface area (Å²) in [5.41, 5.74) is 0. The summed E-state index contributed by atoms with van der Waals surface area (Å²) < 4.78 is 0. The molecular weight excluding hydrogens is 208 g/mol. The van der Waals surface area contributed by atoms with E-state index < -0.39 is 0 Å². The first-order chi connectivity index (χ1) is 7.22. The lowest BCUT2D eigenvalue weighted by molar-refractivity contribution is 0.0657. The van der Waals surface area contributed by atoms with Gasteiger partial charge in [0, 0.05) is 20.1 Å². The molecule has 1 aromatic heterocycles. The van der Waals surface area contributed by atoms with Crippen LogP contribution in [0.1, 0.15) is 28.9 Å². The molecule has 82 valence electrons. The number of carbonyl (C=O) groups is 1. The zero-order valence-corrected chi connectivity index (χ0v) is 9.93. The molecule has 1 amide bonds. The summed E-state index contributed by atoms with van der Waals surface area (Å²) in [4.78, 5) is 14.7. The number of nitrogens with one attached hydrogen (secondary N) is 1. The van der Waals surface area contributed by atoms with Crippen LogP contribution in [0.5, 0.6) is 0 Å². The topological polar surface area (TPSA) is 32.3 Å². The van der Waals surface area contributed by atoms with E-state index in [0.29, 0.717) is 6.04 Å². The van der Waals surface area contributed by atoms with Gasteiger partial charge in [0.05, 0.1) is 9.88 Å². The molecular formula is C11H16N2OS. The van der Waals surface area contributed by atoms with Gasteiger partial charge in [-0.3, -0.25) is 4.79 Å². The van der Waals surface area contributed by atoms with E-state index in [0.717, 1.165) is 22.7 Å². The van der Waals surface area contributed by atoms with Crippen molar-refractivity contribution in [1.29, 1.82) is 0 Å². The normalized spacial score (nSPS) is 15.9. The number of hydrogen-bond donors (Lipinski definition) is 1. The van der Waals surface area contributed by atoms with E-state index in [1.807, 2.05) is 31.1 Å². The Morgan fingerprint density at radius 1 is 1.53 bits per heavy atom. The molecule has 1 aliphatic rings. The van der Waals surface area contributed by atoms with Crippen molar-refractivity contribution in [2.24, 2.45) is 0 Å². The van der Waals surface area contributed by atoms with Crippen LogP contribution in [0, 0.1) is 0 Å². The van der Waals surface area contributed by atoms with Crippen LogP contribution in [0.2, 0.25) is 0 Å². The third-order valence-corrected chi connectivity index (χ3v) is 4.10. The summed E-state index contributed by atoms with van der Waals surface area (Å²) in [5.74, 6) is 0.159. The van der Waals surface area contributed by atoms with Gasteiger partial charge in [0.15, 0.2) is 0 Å². The Hall–Kier alpha value is -1.03. The Kier molecular flexibility index (Phi) is 2.95.